The molecular weight excluding hydrogens is 280 g/mol. The number of hydrogen-bond acceptors (Lipinski definition) is 5. The van der Waals surface area contributed by atoms with Crippen LogP contribution in [0.2, 0.25) is 0 Å². The molecule has 0 radical (unpaired) electrons. The molecule has 114 valence electrons. The van der Waals surface area contributed by atoms with Gasteiger partial charge in [0.2, 0.25) is 0 Å². The van der Waals surface area contributed by atoms with Crippen molar-refractivity contribution < 1.29 is 9.32 Å². The van der Waals surface area contributed by atoms with Gasteiger partial charge in [0.05, 0.1) is 0 Å². The molecule has 1 aliphatic rings. The monoisotopic (exact) mass is 302 g/mol. The third-order valence-electron chi connectivity index (χ3n) is 3.30. The summed E-state index contributed by atoms with van der Waals surface area (Å²) in [7, 11) is 0. The number of rotatable bonds is 3. The first kappa shape index (κ1) is 16.9. The number of aromatic nitrogens is 2. The lowest BCUT2D eigenvalue weighted by atomic mass is 9.96. The van der Waals surface area contributed by atoms with E-state index < -0.39 is 0 Å². The molecule has 0 aromatic carbocycles. The molecule has 1 aliphatic heterocycles. The third kappa shape index (κ3) is 4.45. The van der Waals surface area contributed by atoms with E-state index in [1.807, 2.05) is 20.8 Å². The predicted molar refractivity (Wildman–Crippen MR) is 78.2 cm³/mol. The summed E-state index contributed by atoms with van der Waals surface area (Å²) in [6.45, 7) is 8.66. The normalized spacial score (nSPS) is 16.6. The summed E-state index contributed by atoms with van der Waals surface area (Å²) in [5.74, 6) is 0.870. The summed E-state index contributed by atoms with van der Waals surface area (Å²) in [4.78, 5) is 16.0. The summed E-state index contributed by atoms with van der Waals surface area (Å²) in [5, 5.41) is 10.0. The molecule has 2 rings (SSSR count). The van der Waals surface area contributed by atoms with Gasteiger partial charge in [0.25, 0.3) is 0 Å². The number of nitrogens with zero attached hydrogens (tertiary/aromatic N) is 2. The van der Waals surface area contributed by atoms with Gasteiger partial charge in [-0.1, -0.05) is 25.9 Å². The van der Waals surface area contributed by atoms with E-state index in [1.165, 1.54) is 0 Å². The van der Waals surface area contributed by atoms with Gasteiger partial charge in [-0.2, -0.15) is 4.98 Å². The largest absolute Gasteiger partial charge is 0.348 e. The van der Waals surface area contributed by atoms with Crippen molar-refractivity contribution in [2.24, 2.45) is 5.92 Å². The van der Waals surface area contributed by atoms with E-state index >= 15 is 0 Å². The minimum absolute atomic E-state index is 0. The first-order valence-corrected chi connectivity index (χ1v) is 6.80. The fraction of sp³-hybridized carbons (Fsp3) is 0.769. The molecule has 1 aromatic heterocycles. The molecule has 1 saturated heterocycles. The van der Waals surface area contributed by atoms with Crippen molar-refractivity contribution >= 4 is 18.3 Å². The van der Waals surface area contributed by atoms with Gasteiger partial charge in [-0.3, -0.25) is 4.79 Å². The first-order valence-electron chi connectivity index (χ1n) is 6.80. The lowest BCUT2D eigenvalue weighted by molar-refractivity contribution is 0.0900. The smallest absolute Gasteiger partial charge is 0.315 e. The number of carbonyl (C=O) groups is 1. The second-order valence-electron chi connectivity index (χ2n) is 6.08. The van der Waals surface area contributed by atoms with E-state index in [1.54, 1.807) is 0 Å². The molecule has 20 heavy (non-hydrogen) atoms. The molecule has 0 bridgehead atoms. The molecular formula is C13H23ClN4O2. The maximum Gasteiger partial charge on any atom is 0.315 e. The number of nitrogens with one attached hydrogen (secondary N) is 2. The van der Waals surface area contributed by atoms with Gasteiger partial charge < -0.3 is 15.2 Å². The second-order valence-corrected chi connectivity index (χ2v) is 6.08. The fourth-order valence-corrected chi connectivity index (χ4v) is 2.02. The number of piperidine rings is 1. The van der Waals surface area contributed by atoms with Crippen molar-refractivity contribution in [3.8, 4) is 0 Å². The summed E-state index contributed by atoms with van der Waals surface area (Å²) >= 11 is 0. The fourth-order valence-electron chi connectivity index (χ4n) is 2.02. The lowest BCUT2D eigenvalue weighted by Gasteiger charge is -2.22. The molecule has 6 nitrogen and oxygen atoms in total. The molecule has 7 heteroatoms. The van der Waals surface area contributed by atoms with E-state index in [-0.39, 0.29) is 29.6 Å². The zero-order valence-corrected chi connectivity index (χ0v) is 13.0. The highest BCUT2D eigenvalue weighted by atomic mass is 35.5. The topological polar surface area (TPSA) is 80.0 Å². The number of carbonyl (C=O) groups excluding carboxylic acids is 1. The first-order chi connectivity index (χ1) is 8.97. The van der Waals surface area contributed by atoms with Crippen LogP contribution in [-0.2, 0) is 5.41 Å². The van der Waals surface area contributed by atoms with Gasteiger partial charge in [0, 0.05) is 12.0 Å². The molecule has 0 atom stereocenters. The SMILES string of the molecule is CC(C)(C)c1noc(C(=O)NCC2CCNCC2)n1.Cl. The van der Waals surface area contributed by atoms with Crippen molar-refractivity contribution in [2.45, 2.75) is 39.0 Å². The van der Waals surface area contributed by atoms with Crippen LogP contribution in [0.15, 0.2) is 4.52 Å². The standard InChI is InChI=1S/C13H22N4O2.ClH/c1-13(2,3)12-16-11(19-17-12)10(18)15-8-9-4-6-14-7-5-9;/h9,14H,4-8H2,1-3H3,(H,15,18);1H. The quantitative estimate of drug-likeness (QED) is 0.885. The van der Waals surface area contributed by atoms with Crippen molar-refractivity contribution in [1.82, 2.24) is 20.8 Å². The Morgan fingerprint density at radius 2 is 2.05 bits per heavy atom. The van der Waals surface area contributed by atoms with Crippen LogP contribution < -0.4 is 10.6 Å². The maximum absolute atomic E-state index is 11.9. The Kier molecular flexibility index (Phi) is 5.95. The van der Waals surface area contributed by atoms with Crippen LogP contribution in [0.25, 0.3) is 0 Å². The van der Waals surface area contributed by atoms with Crippen LogP contribution in [0.5, 0.6) is 0 Å². The van der Waals surface area contributed by atoms with Gasteiger partial charge in [0.15, 0.2) is 5.82 Å². The Labute approximate surface area is 125 Å². The zero-order chi connectivity index (χ0) is 13.9. The Hall–Kier alpha value is -1.14. The average molecular weight is 303 g/mol. The third-order valence-corrected chi connectivity index (χ3v) is 3.30. The number of hydrogen-bond donors (Lipinski definition) is 2. The van der Waals surface area contributed by atoms with E-state index in [9.17, 15) is 4.79 Å². The predicted octanol–water partition coefficient (Wildman–Crippen LogP) is 1.52. The second kappa shape index (κ2) is 7.04. The molecule has 0 saturated carbocycles. The van der Waals surface area contributed by atoms with E-state index in [0.717, 1.165) is 25.9 Å². The Balaban J connectivity index is 0.00000200. The molecule has 0 spiro atoms. The van der Waals surface area contributed by atoms with E-state index in [2.05, 4.69) is 20.8 Å². The highest BCUT2D eigenvalue weighted by Crippen LogP contribution is 2.18. The van der Waals surface area contributed by atoms with Crippen LogP contribution in [0.1, 0.15) is 50.1 Å². The van der Waals surface area contributed by atoms with E-state index in [4.69, 9.17) is 4.52 Å². The summed E-state index contributed by atoms with van der Waals surface area (Å²) in [6.07, 6.45) is 2.19. The minimum atomic E-state index is -0.276. The number of amides is 1. The van der Waals surface area contributed by atoms with Crippen LogP contribution >= 0.6 is 12.4 Å². The van der Waals surface area contributed by atoms with Crippen LogP contribution in [0, 0.1) is 5.92 Å². The van der Waals surface area contributed by atoms with Crippen molar-refractivity contribution in [1.29, 1.82) is 0 Å². The van der Waals surface area contributed by atoms with Gasteiger partial charge in [-0.05, 0) is 31.8 Å². The molecule has 2 heterocycles. The maximum atomic E-state index is 11.9. The van der Waals surface area contributed by atoms with E-state index in [0.29, 0.717) is 18.3 Å². The number of halogens is 1. The lowest BCUT2D eigenvalue weighted by Crippen LogP contribution is -2.36. The van der Waals surface area contributed by atoms with Gasteiger partial charge in [-0.15, -0.1) is 12.4 Å². The molecule has 1 aromatic rings. The Bertz CT molecular complexity index is 436. The van der Waals surface area contributed by atoms with Crippen LogP contribution in [-0.4, -0.2) is 35.7 Å². The minimum Gasteiger partial charge on any atom is -0.348 e. The van der Waals surface area contributed by atoms with Gasteiger partial charge >= 0.3 is 11.8 Å². The highest BCUT2D eigenvalue weighted by Gasteiger charge is 2.24. The average Bonchev–Trinajstić information content (AvgIpc) is 2.87. The molecule has 0 aliphatic carbocycles. The Morgan fingerprint density at radius 1 is 1.40 bits per heavy atom. The van der Waals surface area contributed by atoms with Gasteiger partial charge in [-0.25, -0.2) is 0 Å². The molecule has 1 fully saturated rings. The molecule has 1 amide bonds. The highest BCUT2D eigenvalue weighted by molar-refractivity contribution is 5.89. The van der Waals surface area contributed by atoms with Gasteiger partial charge in [0.1, 0.15) is 0 Å². The molecule has 2 N–H and O–H groups in total. The van der Waals surface area contributed by atoms with Crippen LogP contribution in [0.4, 0.5) is 0 Å². The summed E-state index contributed by atoms with van der Waals surface area (Å²) in [6, 6.07) is 0. The van der Waals surface area contributed by atoms with Crippen molar-refractivity contribution in [3.63, 3.8) is 0 Å². The van der Waals surface area contributed by atoms with Crippen molar-refractivity contribution in [2.75, 3.05) is 19.6 Å². The van der Waals surface area contributed by atoms with Crippen molar-refractivity contribution in [3.05, 3.63) is 11.7 Å². The zero-order valence-electron chi connectivity index (χ0n) is 12.2. The molecule has 0 unspecified atom stereocenters. The Morgan fingerprint density at radius 3 is 2.60 bits per heavy atom. The summed E-state index contributed by atoms with van der Waals surface area (Å²) < 4.78 is 5.01. The summed E-state index contributed by atoms with van der Waals surface area (Å²) in [5.41, 5.74) is -0.211. The van der Waals surface area contributed by atoms with Crippen LogP contribution in [0.3, 0.4) is 0 Å².